The molecule has 12 aromatic carbocycles. The molecule has 0 saturated carbocycles. The lowest BCUT2D eigenvalue weighted by atomic mass is 9.85. The van der Waals surface area contributed by atoms with Crippen LogP contribution in [0.15, 0.2) is 273 Å². The molecular weight excluding hydrogens is 1070 g/mol. The number of anilines is 3. The molecule has 0 N–H and O–H groups in total. The number of fused-ring (bicyclic) bond motifs is 3. The molecule has 0 amide bonds. The van der Waals surface area contributed by atoms with Crippen LogP contribution in [0, 0.1) is 20.8 Å². The number of nitrogens with zero attached hydrogens (tertiary/aromatic N) is 2. The summed E-state index contributed by atoms with van der Waals surface area (Å²) in [6.07, 6.45) is 11.7. The van der Waals surface area contributed by atoms with Gasteiger partial charge in [-0.3, -0.25) is 0 Å². The molecule has 1 heterocycles. The minimum atomic E-state index is 1.02. The van der Waals surface area contributed by atoms with Crippen LogP contribution in [0.1, 0.15) is 93.0 Å². The number of unbranched alkanes of at least 4 members (excludes halogenated alkanes) is 6. The molecule has 0 aliphatic heterocycles. The quantitative estimate of drug-likeness (QED) is 0.0651. The Hall–Kier alpha value is -9.76. The Bertz CT molecular complexity index is 4530. The first-order valence-corrected chi connectivity index (χ1v) is 32.6. The van der Waals surface area contributed by atoms with Crippen LogP contribution in [0.2, 0.25) is 0 Å². The second-order valence-electron chi connectivity index (χ2n) is 24.6. The van der Waals surface area contributed by atoms with Gasteiger partial charge in [0.2, 0.25) is 0 Å². The Morgan fingerprint density at radius 3 is 1.34 bits per heavy atom. The normalized spacial score (nSPS) is 11.4. The molecule has 0 aliphatic rings. The fraction of sp³-hybridized carbons (Fsp3) is 0.172. The van der Waals surface area contributed by atoms with Crippen LogP contribution in [-0.2, 0) is 12.8 Å². The molecule has 0 unspecified atom stereocenters. The van der Waals surface area contributed by atoms with Crippen molar-refractivity contribution in [2.24, 2.45) is 0 Å². The fourth-order valence-corrected chi connectivity index (χ4v) is 13.4. The topological polar surface area (TPSA) is 8.17 Å². The Morgan fingerprint density at radius 1 is 0.292 bits per heavy atom. The smallest absolute Gasteiger partial charge is 0.0547 e. The second kappa shape index (κ2) is 26.7. The van der Waals surface area contributed by atoms with E-state index in [0.717, 1.165) is 48.4 Å². The highest BCUT2D eigenvalue weighted by Gasteiger charge is 2.23. The summed E-state index contributed by atoms with van der Waals surface area (Å²) in [5.74, 6) is 0. The first-order chi connectivity index (χ1) is 43.8. The van der Waals surface area contributed by atoms with Crippen LogP contribution in [0.3, 0.4) is 0 Å². The largest absolute Gasteiger partial charge is 0.310 e. The van der Waals surface area contributed by atoms with E-state index >= 15 is 0 Å². The zero-order chi connectivity index (χ0) is 60.6. The van der Waals surface area contributed by atoms with E-state index < -0.39 is 0 Å². The highest BCUT2D eigenvalue weighted by Crippen LogP contribution is 2.46. The SMILES string of the molecule is CCCCCCc1cc(-c2ccc(N(c3ccc(-c4ccc(C)cc4)cc3)c3ccc(-c4ccccc4)cc3-c3ccccc3)cc2C)c(CCCCCC)cc1-c1ccc2c3cc(-c4ccccc4)ccc3n(-c3ccc(-c4ccc(C)cc4)cc3)c2c1. The molecule has 0 saturated heterocycles. The van der Waals surface area contributed by atoms with Gasteiger partial charge in [-0.15, -0.1) is 0 Å². The van der Waals surface area contributed by atoms with Crippen molar-refractivity contribution in [3.05, 3.63) is 301 Å². The Labute approximate surface area is 528 Å². The minimum absolute atomic E-state index is 1.02. The molecule has 438 valence electrons. The van der Waals surface area contributed by atoms with Crippen molar-refractivity contribution in [3.8, 4) is 83.6 Å². The predicted molar refractivity (Wildman–Crippen MR) is 383 cm³/mol. The molecule has 1 aromatic heterocycles. The van der Waals surface area contributed by atoms with Crippen LogP contribution in [0.25, 0.3) is 105 Å². The maximum atomic E-state index is 2.62. The number of hydrogen-bond donors (Lipinski definition) is 0. The zero-order valence-corrected chi connectivity index (χ0v) is 52.4. The molecule has 0 fully saturated rings. The average Bonchev–Trinajstić information content (AvgIpc) is 1.83. The van der Waals surface area contributed by atoms with Gasteiger partial charge in [-0.25, -0.2) is 0 Å². The predicted octanol–water partition coefficient (Wildman–Crippen LogP) is 25.1. The van der Waals surface area contributed by atoms with Gasteiger partial charge in [-0.1, -0.05) is 270 Å². The van der Waals surface area contributed by atoms with Gasteiger partial charge in [0.25, 0.3) is 0 Å². The average molecular weight is 1150 g/mol. The van der Waals surface area contributed by atoms with Gasteiger partial charge in [0.05, 0.1) is 16.7 Å². The minimum Gasteiger partial charge on any atom is -0.310 e. The van der Waals surface area contributed by atoms with Gasteiger partial charge in [-0.05, 0) is 202 Å². The maximum absolute atomic E-state index is 2.62. The number of aromatic nitrogens is 1. The van der Waals surface area contributed by atoms with Gasteiger partial charge in [0, 0.05) is 33.4 Å². The summed E-state index contributed by atoms with van der Waals surface area (Å²) in [6, 6.07) is 103. The first kappa shape index (κ1) is 58.3. The molecule has 13 rings (SSSR count). The van der Waals surface area contributed by atoms with Crippen molar-refractivity contribution in [2.45, 2.75) is 98.8 Å². The van der Waals surface area contributed by atoms with E-state index in [2.05, 4.69) is 317 Å². The van der Waals surface area contributed by atoms with Gasteiger partial charge in [-0.2, -0.15) is 0 Å². The molecule has 2 nitrogen and oxygen atoms in total. The van der Waals surface area contributed by atoms with Crippen molar-refractivity contribution in [2.75, 3.05) is 4.90 Å². The Balaban J connectivity index is 0.957. The fourth-order valence-electron chi connectivity index (χ4n) is 13.4. The highest BCUT2D eigenvalue weighted by atomic mass is 15.1. The monoisotopic (exact) mass is 1150 g/mol. The van der Waals surface area contributed by atoms with E-state index in [1.807, 2.05) is 0 Å². The van der Waals surface area contributed by atoms with Crippen molar-refractivity contribution < 1.29 is 0 Å². The third-order valence-corrected chi connectivity index (χ3v) is 18.3. The van der Waals surface area contributed by atoms with Gasteiger partial charge in [0.1, 0.15) is 0 Å². The maximum Gasteiger partial charge on any atom is 0.0547 e. The molecule has 0 bridgehead atoms. The van der Waals surface area contributed by atoms with Crippen LogP contribution in [0.5, 0.6) is 0 Å². The van der Waals surface area contributed by atoms with E-state index in [0.29, 0.717) is 0 Å². The molecule has 0 aliphatic carbocycles. The third-order valence-electron chi connectivity index (χ3n) is 18.3. The van der Waals surface area contributed by atoms with Crippen LogP contribution >= 0.6 is 0 Å². The lowest BCUT2D eigenvalue weighted by molar-refractivity contribution is 0.664. The number of benzene rings is 12. The Kier molecular flexibility index (Phi) is 17.5. The van der Waals surface area contributed by atoms with Gasteiger partial charge >= 0.3 is 0 Å². The van der Waals surface area contributed by atoms with Crippen LogP contribution in [0.4, 0.5) is 17.1 Å². The van der Waals surface area contributed by atoms with Crippen LogP contribution < -0.4 is 4.90 Å². The summed E-state index contributed by atoms with van der Waals surface area (Å²) in [7, 11) is 0. The lowest BCUT2D eigenvalue weighted by Gasteiger charge is -2.29. The van der Waals surface area contributed by atoms with E-state index in [-0.39, 0.29) is 0 Å². The molecule has 0 spiro atoms. The van der Waals surface area contributed by atoms with Crippen molar-refractivity contribution in [1.29, 1.82) is 0 Å². The van der Waals surface area contributed by atoms with Crippen molar-refractivity contribution in [1.82, 2.24) is 4.57 Å². The molecule has 89 heavy (non-hydrogen) atoms. The van der Waals surface area contributed by atoms with Crippen LogP contribution in [-0.4, -0.2) is 4.57 Å². The summed E-state index contributed by atoms with van der Waals surface area (Å²) in [5.41, 5.74) is 31.0. The highest BCUT2D eigenvalue weighted by molar-refractivity contribution is 6.11. The van der Waals surface area contributed by atoms with Gasteiger partial charge in [0.15, 0.2) is 0 Å². The number of aryl methyl sites for hydroxylation is 5. The molecule has 2 heteroatoms. The standard InChI is InChI=1S/C87H80N2/c1-6-8-10-15-29-73-59-82(79-52-50-78(55-63(79)5)88(76-46-39-68(40-47-76)66-35-31-61(3)32-36-66)85-53-44-71(64-23-17-12-18-24-64)56-83(85)70-27-21-14-22-28-70)74(30-16-11-9-7-2)58-81(73)75-43-51-80-84-57-72(65-25-19-13-20-26-65)45-54-86(84)89(87(80)60-75)77-48-41-69(42-49-77)67-37-33-62(4)34-38-67/h12-14,17-28,31-60H,6-11,15-16,29-30H2,1-5H3. The molecule has 0 radical (unpaired) electrons. The zero-order valence-electron chi connectivity index (χ0n) is 52.4. The van der Waals surface area contributed by atoms with E-state index in [9.17, 15) is 0 Å². The Morgan fingerprint density at radius 2 is 0.764 bits per heavy atom. The number of rotatable bonds is 21. The summed E-state index contributed by atoms with van der Waals surface area (Å²) < 4.78 is 2.51. The third kappa shape index (κ3) is 12.6. The first-order valence-electron chi connectivity index (χ1n) is 32.6. The molecular formula is C87H80N2. The lowest BCUT2D eigenvalue weighted by Crippen LogP contribution is -2.12. The molecule has 0 atom stereocenters. The van der Waals surface area contributed by atoms with E-state index in [1.54, 1.807) is 0 Å². The summed E-state index contributed by atoms with van der Waals surface area (Å²) in [5, 5.41) is 2.53. The number of hydrogen-bond acceptors (Lipinski definition) is 1. The summed E-state index contributed by atoms with van der Waals surface area (Å²) in [4.78, 5) is 2.48. The van der Waals surface area contributed by atoms with Crippen molar-refractivity contribution >= 4 is 38.9 Å². The second-order valence-corrected chi connectivity index (χ2v) is 24.6. The van der Waals surface area contributed by atoms with Crippen molar-refractivity contribution in [3.63, 3.8) is 0 Å². The molecule has 13 aromatic rings. The van der Waals surface area contributed by atoms with E-state index in [1.165, 1.54) is 166 Å². The van der Waals surface area contributed by atoms with E-state index in [4.69, 9.17) is 0 Å². The summed E-state index contributed by atoms with van der Waals surface area (Å²) >= 11 is 0. The van der Waals surface area contributed by atoms with Gasteiger partial charge < -0.3 is 9.47 Å². The summed E-state index contributed by atoms with van der Waals surface area (Å²) in [6.45, 7) is 11.3.